The van der Waals surface area contributed by atoms with Crippen LogP contribution in [0.25, 0.3) is 0 Å². The third kappa shape index (κ3) is 5.13. The highest BCUT2D eigenvalue weighted by Crippen LogP contribution is 2.19. The number of amides is 1. The Morgan fingerprint density at radius 3 is 2.41 bits per heavy atom. The van der Waals surface area contributed by atoms with Crippen LogP contribution in [0.1, 0.15) is 21.5 Å². The van der Waals surface area contributed by atoms with Crippen LogP contribution in [0, 0.1) is 12.7 Å². The summed E-state index contributed by atoms with van der Waals surface area (Å²) in [6, 6.07) is 10.3. The van der Waals surface area contributed by atoms with E-state index in [-0.39, 0.29) is 11.4 Å². The molecule has 0 spiro atoms. The van der Waals surface area contributed by atoms with Gasteiger partial charge in [-0.1, -0.05) is 24.3 Å². The molecule has 2 rings (SSSR count). The quantitative estimate of drug-likeness (QED) is 0.556. The smallest absolute Gasteiger partial charge is 0.325 e. The van der Waals surface area contributed by atoms with Crippen molar-refractivity contribution in [3.63, 3.8) is 0 Å². The van der Waals surface area contributed by atoms with Crippen molar-refractivity contribution in [2.45, 2.75) is 18.4 Å². The number of sulfone groups is 1. The second-order valence-electron chi connectivity index (χ2n) is 6.08. The minimum atomic E-state index is -3.62. The largest absolute Gasteiger partial charge is 0.468 e. The number of hydrogen-bond acceptors (Lipinski definition) is 5. The molecular formula is C19H20FNO5S. The molecule has 0 aliphatic heterocycles. The van der Waals surface area contributed by atoms with Gasteiger partial charge < -0.3 is 9.64 Å². The molecule has 0 saturated heterocycles. The molecular weight excluding hydrogens is 373 g/mol. The van der Waals surface area contributed by atoms with E-state index in [0.29, 0.717) is 0 Å². The summed E-state index contributed by atoms with van der Waals surface area (Å²) in [7, 11) is -2.44. The van der Waals surface area contributed by atoms with Crippen molar-refractivity contribution in [3.05, 3.63) is 65.0 Å². The molecule has 0 atom stereocenters. The molecule has 0 saturated carbocycles. The Morgan fingerprint density at radius 2 is 1.81 bits per heavy atom. The van der Waals surface area contributed by atoms with E-state index in [1.807, 2.05) is 19.1 Å². The first kappa shape index (κ1) is 20.6. The molecule has 8 heteroatoms. The van der Waals surface area contributed by atoms with E-state index in [1.54, 1.807) is 12.1 Å². The highest BCUT2D eigenvalue weighted by atomic mass is 32.2. The standard InChI is InChI=1S/C19H20FNO5S/c1-13-6-4-5-7-14(13)11-21(12-18(22)26-2)19(23)16-10-15(27(3,24)25)8-9-17(16)20/h4-10H,11-12H2,1-3H3. The van der Waals surface area contributed by atoms with Gasteiger partial charge in [-0.05, 0) is 36.2 Å². The lowest BCUT2D eigenvalue weighted by Crippen LogP contribution is -2.36. The van der Waals surface area contributed by atoms with Gasteiger partial charge in [-0.2, -0.15) is 0 Å². The van der Waals surface area contributed by atoms with E-state index < -0.39 is 39.6 Å². The maximum atomic E-state index is 14.2. The average Bonchev–Trinajstić information content (AvgIpc) is 2.61. The summed E-state index contributed by atoms with van der Waals surface area (Å²) in [6.45, 7) is 1.50. The lowest BCUT2D eigenvalue weighted by atomic mass is 10.1. The molecule has 0 aliphatic carbocycles. The van der Waals surface area contributed by atoms with Gasteiger partial charge in [0.15, 0.2) is 9.84 Å². The van der Waals surface area contributed by atoms with Crippen LogP contribution in [0.2, 0.25) is 0 Å². The van der Waals surface area contributed by atoms with E-state index in [1.165, 1.54) is 7.11 Å². The van der Waals surface area contributed by atoms with Crippen LogP contribution in [0.4, 0.5) is 4.39 Å². The zero-order chi connectivity index (χ0) is 20.2. The van der Waals surface area contributed by atoms with E-state index in [2.05, 4.69) is 4.74 Å². The molecule has 0 fully saturated rings. The van der Waals surface area contributed by atoms with Gasteiger partial charge in [0.05, 0.1) is 17.6 Å². The topological polar surface area (TPSA) is 80.8 Å². The molecule has 1 amide bonds. The molecule has 0 N–H and O–H groups in total. The third-order valence-corrected chi connectivity index (χ3v) is 5.16. The second-order valence-corrected chi connectivity index (χ2v) is 8.09. The van der Waals surface area contributed by atoms with Crippen molar-refractivity contribution in [3.8, 4) is 0 Å². The first-order valence-corrected chi connectivity index (χ1v) is 9.93. The summed E-state index contributed by atoms with van der Waals surface area (Å²) < 4.78 is 42.3. The molecule has 0 bridgehead atoms. The lowest BCUT2D eigenvalue weighted by molar-refractivity contribution is -0.141. The summed E-state index contributed by atoms with van der Waals surface area (Å²) in [5, 5.41) is 0. The van der Waals surface area contributed by atoms with Crippen LogP contribution >= 0.6 is 0 Å². The Bertz CT molecular complexity index is 972. The summed E-state index contributed by atoms with van der Waals surface area (Å²) in [6.07, 6.45) is 0.966. The molecule has 6 nitrogen and oxygen atoms in total. The predicted octanol–water partition coefficient (Wildman–Crippen LogP) is 2.35. The zero-order valence-corrected chi connectivity index (χ0v) is 16.0. The van der Waals surface area contributed by atoms with E-state index in [9.17, 15) is 22.4 Å². The van der Waals surface area contributed by atoms with Crippen molar-refractivity contribution in [1.29, 1.82) is 0 Å². The lowest BCUT2D eigenvalue weighted by Gasteiger charge is -2.23. The van der Waals surface area contributed by atoms with Crippen LogP contribution in [0.3, 0.4) is 0 Å². The highest BCUT2D eigenvalue weighted by molar-refractivity contribution is 7.90. The fourth-order valence-electron chi connectivity index (χ4n) is 2.48. The normalized spacial score (nSPS) is 11.1. The Balaban J connectivity index is 2.45. The van der Waals surface area contributed by atoms with Gasteiger partial charge >= 0.3 is 5.97 Å². The number of ether oxygens (including phenoxy) is 1. The molecule has 0 aromatic heterocycles. The summed E-state index contributed by atoms with van der Waals surface area (Å²) in [5.74, 6) is -2.34. The van der Waals surface area contributed by atoms with E-state index >= 15 is 0 Å². The Kier molecular flexibility index (Phi) is 6.32. The summed E-state index contributed by atoms with van der Waals surface area (Å²) in [4.78, 5) is 25.6. The van der Waals surface area contributed by atoms with Crippen LogP contribution in [-0.2, 0) is 25.9 Å². The zero-order valence-electron chi connectivity index (χ0n) is 15.2. The number of rotatable bonds is 6. The second kappa shape index (κ2) is 8.30. The third-order valence-electron chi connectivity index (χ3n) is 4.05. The molecule has 27 heavy (non-hydrogen) atoms. The minimum absolute atomic E-state index is 0.0448. The van der Waals surface area contributed by atoms with Gasteiger partial charge in [0.1, 0.15) is 12.4 Å². The Hall–Kier alpha value is -2.74. The van der Waals surface area contributed by atoms with Crippen LogP contribution in [0.5, 0.6) is 0 Å². The van der Waals surface area contributed by atoms with Crippen LogP contribution < -0.4 is 0 Å². The van der Waals surface area contributed by atoms with Crippen molar-refractivity contribution >= 4 is 21.7 Å². The molecule has 0 unspecified atom stereocenters. The number of halogens is 1. The fourth-order valence-corrected chi connectivity index (χ4v) is 3.13. The SMILES string of the molecule is COC(=O)CN(Cc1ccccc1C)C(=O)c1cc(S(C)(=O)=O)ccc1F. The molecule has 2 aromatic carbocycles. The van der Waals surface area contributed by atoms with Crippen molar-refractivity contribution in [1.82, 2.24) is 4.90 Å². The number of carbonyl (C=O) groups excluding carboxylic acids is 2. The molecule has 2 aromatic rings. The molecule has 144 valence electrons. The van der Waals surface area contributed by atoms with Gasteiger partial charge in [0.25, 0.3) is 5.91 Å². The van der Waals surface area contributed by atoms with E-state index in [4.69, 9.17) is 0 Å². The van der Waals surface area contributed by atoms with Gasteiger partial charge in [-0.15, -0.1) is 0 Å². The van der Waals surface area contributed by atoms with E-state index in [0.717, 1.165) is 40.5 Å². The Labute approximate surface area is 157 Å². The average molecular weight is 393 g/mol. The Morgan fingerprint density at radius 1 is 1.15 bits per heavy atom. The number of methoxy groups -OCH3 is 1. The molecule has 0 aliphatic rings. The maximum Gasteiger partial charge on any atom is 0.325 e. The van der Waals surface area contributed by atoms with Crippen molar-refractivity contribution < 1.29 is 27.1 Å². The number of benzene rings is 2. The predicted molar refractivity (Wildman–Crippen MR) is 97.4 cm³/mol. The molecule has 0 heterocycles. The molecule has 0 radical (unpaired) electrons. The van der Waals surface area contributed by atoms with Crippen LogP contribution in [-0.4, -0.2) is 45.1 Å². The number of carbonyl (C=O) groups is 2. The number of aryl methyl sites for hydroxylation is 1. The van der Waals surface area contributed by atoms with Gasteiger partial charge in [0, 0.05) is 12.8 Å². The minimum Gasteiger partial charge on any atom is -0.468 e. The number of nitrogens with zero attached hydrogens (tertiary/aromatic N) is 1. The fraction of sp³-hybridized carbons (Fsp3) is 0.263. The van der Waals surface area contributed by atoms with Gasteiger partial charge in [0.2, 0.25) is 0 Å². The first-order valence-electron chi connectivity index (χ1n) is 8.03. The van der Waals surface area contributed by atoms with Gasteiger partial charge in [-0.3, -0.25) is 9.59 Å². The first-order chi connectivity index (χ1) is 12.6. The number of esters is 1. The summed E-state index contributed by atoms with van der Waals surface area (Å²) in [5.41, 5.74) is 1.25. The maximum absolute atomic E-state index is 14.2. The van der Waals surface area contributed by atoms with Gasteiger partial charge in [-0.25, -0.2) is 12.8 Å². The van der Waals surface area contributed by atoms with Crippen molar-refractivity contribution in [2.24, 2.45) is 0 Å². The highest BCUT2D eigenvalue weighted by Gasteiger charge is 2.24. The summed E-state index contributed by atoms with van der Waals surface area (Å²) >= 11 is 0. The monoisotopic (exact) mass is 393 g/mol. The number of hydrogen-bond donors (Lipinski definition) is 0. The van der Waals surface area contributed by atoms with Crippen LogP contribution in [0.15, 0.2) is 47.4 Å². The van der Waals surface area contributed by atoms with Crippen molar-refractivity contribution in [2.75, 3.05) is 19.9 Å².